The maximum Gasteiger partial charge on any atom is 0.136 e. The van der Waals surface area contributed by atoms with Crippen LogP contribution in [0.2, 0.25) is 0 Å². The molecule has 2 heterocycles. The minimum atomic E-state index is -0.0619. The third-order valence-electron chi connectivity index (χ3n) is 3.65. The van der Waals surface area contributed by atoms with Crippen molar-refractivity contribution in [2.45, 2.75) is 65.2 Å². The van der Waals surface area contributed by atoms with E-state index in [1.807, 2.05) is 6.07 Å². The minimum Gasteiger partial charge on any atom is -0.370 e. The van der Waals surface area contributed by atoms with Gasteiger partial charge >= 0.3 is 0 Å². The molecule has 0 saturated heterocycles. The van der Waals surface area contributed by atoms with Crippen LogP contribution in [-0.4, -0.2) is 26.7 Å². The molecule has 5 nitrogen and oxygen atoms in total. The standard InChI is InChI=1S/C18H29N5/c1-17(2,3)14-12-15(22-16(21-14)18(4,5)6)19-10-7-8-13-9-11-20-23-13/h9,11-12H,7-8,10H2,1-6H3,(H,20,23)(H,19,21,22). The van der Waals surface area contributed by atoms with Gasteiger partial charge in [-0.2, -0.15) is 5.10 Å². The average molecular weight is 315 g/mol. The molecule has 0 unspecified atom stereocenters. The minimum absolute atomic E-state index is 0.00921. The third kappa shape index (κ3) is 5.05. The van der Waals surface area contributed by atoms with Gasteiger partial charge in [-0.15, -0.1) is 0 Å². The molecule has 0 aromatic carbocycles. The van der Waals surface area contributed by atoms with Crippen molar-refractivity contribution in [2.75, 3.05) is 11.9 Å². The summed E-state index contributed by atoms with van der Waals surface area (Å²) in [6.45, 7) is 13.9. The molecule has 0 aliphatic rings. The Morgan fingerprint density at radius 3 is 2.35 bits per heavy atom. The molecular weight excluding hydrogens is 286 g/mol. The molecule has 5 heteroatoms. The summed E-state index contributed by atoms with van der Waals surface area (Å²) in [5.74, 6) is 1.81. The van der Waals surface area contributed by atoms with Gasteiger partial charge in [0.05, 0.1) is 5.69 Å². The number of aromatic amines is 1. The first-order valence-corrected chi connectivity index (χ1v) is 8.28. The van der Waals surface area contributed by atoms with Crippen LogP contribution in [0.5, 0.6) is 0 Å². The van der Waals surface area contributed by atoms with Gasteiger partial charge in [0.15, 0.2) is 0 Å². The molecule has 23 heavy (non-hydrogen) atoms. The number of nitrogens with one attached hydrogen (secondary N) is 2. The monoisotopic (exact) mass is 315 g/mol. The first-order valence-electron chi connectivity index (χ1n) is 8.28. The number of nitrogens with zero attached hydrogens (tertiary/aromatic N) is 3. The zero-order chi connectivity index (χ0) is 17.1. The summed E-state index contributed by atoms with van der Waals surface area (Å²) in [7, 11) is 0. The Balaban J connectivity index is 2.07. The highest BCUT2D eigenvalue weighted by Gasteiger charge is 2.23. The van der Waals surface area contributed by atoms with Crippen molar-refractivity contribution in [3.05, 3.63) is 35.5 Å². The van der Waals surface area contributed by atoms with Crippen LogP contribution in [0.15, 0.2) is 18.3 Å². The highest BCUT2D eigenvalue weighted by molar-refractivity contribution is 5.39. The van der Waals surface area contributed by atoms with E-state index >= 15 is 0 Å². The van der Waals surface area contributed by atoms with Gasteiger partial charge in [-0.05, 0) is 18.9 Å². The molecule has 0 atom stereocenters. The second-order valence-electron chi connectivity index (χ2n) is 8.07. The predicted octanol–water partition coefficient (Wildman–Crippen LogP) is 3.84. The summed E-state index contributed by atoms with van der Waals surface area (Å²) in [6.07, 6.45) is 3.80. The van der Waals surface area contributed by atoms with Crippen LogP contribution >= 0.6 is 0 Å². The number of hydrogen-bond acceptors (Lipinski definition) is 4. The van der Waals surface area contributed by atoms with Crippen LogP contribution in [0, 0.1) is 0 Å². The maximum absolute atomic E-state index is 4.78. The Kier molecular flexibility index (Phi) is 5.07. The molecule has 0 aliphatic heterocycles. The molecule has 0 spiro atoms. The van der Waals surface area contributed by atoms with Gasteiger partial charge in [-0.3, -0.25) is 5.10 Å². The molecule has 2 rings (SSSR count). The lowest BCUT2D eigenvalue weighted by atomic mass is 9.90. The fourth-order valence-corrected chi connectivity index (χ4v) is 2.18. The van der Waals surface area contributed by atoms with Crippen molar-refractivity contribution in [3.8, 4) is 0 Å². The number of H-pyrrole nitrogens is 1. The maximum atomic E-state index is 4.78. The fourth-order valence-electron chi connectivity index (χ4n) is 2.18. The van der Waals surface area contributed by atoms with Crippen LogP contribution < -0.4 is 5.32 Å². The van der Waals surface area contributed by atoms with Crippen LogP contribution in [0.3, 0.4) is 0 Å². The lowest BCUT2D eigenvalue weighted by Gasteiger charge is -2.24. The van der Waals surface area contributed by atoms with E-state index in [0.29, 0.717) is 0 Å². The average Bonchev–Trinajstić information content (AvgIpc) is 2.94. The Hall–Kier alpha value is -1.91. The molecule has 126 valence electrons. The number of anilines is 1. The van der Waals surface area contributed by atoms with Crippen molar-refractivity contribution in [1.82, 2.24) is 20.2 Å². The van der Waals surface area contributed by atoms with Gasteiger partial charge < -0.3 is 5.32 Å². The summed E-state index contributed by atoms with van der Waals surface area (Å²) >= 11 is 0. The summed E-state index contributed by atoms with van der Waals surface area (Å²) in [4.78, 5) is 9.49. The summed E-state index contributed by atoms with van der Waals surface area (Å²) in [5.41, 5.74) is 2.19. The molecule has 0 amide bonds. The zero-order valence-corrected chi connectivity index (χ0v) is 15.2. The van der Waals surface area contributed by atoms with Gasteiger partial charge in [0.1, 0.15) is 11.6 Å². The van der Waals surface area contributed by atoms with E-state index < -0.39 is 0 Å². The number of hydrogen-bond donors (Lipinski definition) is 2. The summed E-state index contributed by atoms with van der Waals surface area (Å²) in [5, 5.41) is 10.4. The molecule has 2 N–H and O–H groups in total. The van der Waals surface area contributed by atoms with E-state index in [0.717, 1.165) is 36.7 Å². The topological polar surface area (TPSA) is 66.5 Å². The van der Waals surface area contributed by atoms with Gasteiger partial charge in [-0.1, -0.05) is 41.5 Å². The Labute approximate surface area is 139 Å². The summed E-state index contributed by atoms with van der Waals surface area (Å²) in [6, 6.07) is 4.09. The van der Waals surface area contributed by atoms with Crippen molar-refractivity contribution < 1.29 is 0 Å². The van der Waals surface area contributed by atoms with E-state index in [4.69, 9.17) is 9.97 Å². The molecule has 0 aliphatic carbocycles. The third-order valence-corrected chi connectivity index (χ3v) is 3.65. The molecule has 2 aromatic rings. The van der Waals surface area contributed by atoms with Crippen LogP contribution in [0.25, 0.3) is 0 Å². The Morgan fingerprint density at radius 2 is 1.78 bits per heavy atom. The molecule has 2 aromatic heterocycles. The largest absolute Gasteiger partial charge is 0.370 e. The van der Waals surface area contributed by atoms with Crippen molar-refractivity contribution in [3.63, 3.8) is 0 Å². The lowest BCUT2D eigenvalue weighted by molar-refractivity contribution is 0.514. The SMILES string of the molecule is CC(C)(C)c1cc(NCCCc2ccn[nH]2)nc(C(C)(C)C)n1. The first kappa shape index (κ1) is 17.4. The highest BCUT2D eigenvalue weighted by Crippen LogP contribution is 2.26. The number of rotatable bonds is 5. The number of aryl methyl sites for hydroxylation is 1. The first-order chi connectivity index (χ1) is 10.7. The lowest BCUT2D eigenvalue weighted by Crippen LogP contribution is -2.22. The van der Waals surface area contributed by atoms with Crippen molar-refractivity contribution in [1.29, 1.82) is 0 Å². The van der Waals surface area contributed by atoms with Crippen LogP contribution in [-0.2, 0) is 17.3 Å². The van der Waals surface area contributed by atoms with Crippen molar-refractivity contribution in [2.24, 2.45) is 0 Å². The second-order valence-corrected chi connectivity index (χ2v) is 8.07. The van der Waals surface area contributed by atoms with Crippen LogP contribution in [0.1, 0.15) is 65.2 Å². The summed E-state index contributed by atoms with van der Waals surface area (Å²) < 4.78 is 0. The van der Waals surface area contributed by atoms with E-state index in [2.05, 4.69) is 63.1 Å². The smallest absolute Gasteiger partial charge is 0.136 e. The Morgan fingerprint density at radius 1 is 1.04 bits per heavy atom. The molecule has 0 radical (unpaired) electrons. The van der Waals surface area contributed by atoms with Gasteiger partial charge in [0.2, 0.25) is 0 Å². The molecule has 0 bridgehead atoms. The molecular formula is C18H29N5. The zero-order valence-electron chi connectivity index (χ0n) is 15.2. The van der Waals surface area contributed by atoms with E-state index in [1.54, 1.807) is 6.20 Å². The normalized spacial score (nSPS) is 12.4. The van der Waals surface area contributed by atoms with E-state index in [1.165, 1.54) is 5.69 Å². The van der Waals surface area contributed by atoms with Gasteiger partial charge in [0, 0.05) is 35.3 Å². The molecule has 0 fully saturated rings. The van der Waals surface area contributed by atoms with Gasteiger partial charge in [-0.25, -0.2) is 9.97 Å². The van der Waals surface area contributed by atoms with Gasteiger partial charge in [0.25, 0.3) is 0 Å². The molecule has 0 saturated carbocycles. The quantitative estimate of drug-likeness (QED) is 0.823. The van der Waals surface area contributed by atoms with E-state index in [-0.39, 0.29) is 10.8 Å². The fraction of sp³-hybridized carbons (Fsp3) is 0.611. The van der Waals surface area contributed by atoms with Crippen molar-refractivity contribution >= 4 is 5.82 Å². The number of aromatic nitrogens is 4. The predicted molar refractivity (Wildman–Crippen MR) is 94.8 cm³/mol. The Bertz CT molecular complexity index is 586. The highest BCUT2D eigenvalue weighted by atomic mass is 15.1. The van der Waals surface area contributed by atoms with Crippen LogP contribution in [0.4, 0.5) is 5.82 Å². The second kappa shape index (κ2) is 6.69. The van der Waals surface area contributed by atoms with E-state index in [9.17, 15) is 0 Å².